The molecule has 1 aromatic heterocycles. The van der Waals surface area contributed by atoms with Crippen LogP contribution in [0.2, 0.25) is 0 Å². The lowest BCUT2D eigenvalue weighted by Crippen LogP contribution is -2.37. The van der Waals surface area contributed by atoms with E-state index < -0.39 is 0 Å². The number of rotatable bonds is 4. The zero-order chi connectivity index (χ0) is 14.9. The van der Waals surface area contributed by atoms with Gasteiger partial charge in [-0.1, -0.05) is 25.0 Å². The van der Waals surface area contributed by atoms with Crippen LogP contribution in [-0.4, -0.2) is 35.3 Å². The lowest BCUT2D eigenvalue weighted by atomic mass is 9.86. The summed E-state index contributed by atoms with van der Waals surface area (Å²) in [6, 6.07) is 8.13. The Morgan fingerprint density at radius 1 is 1.19 bits per heavy atom. The lowest BCUT2D eigenvalue weighted by molar-refractivity contribution is 0.137. The third kappa shape index (κ3) is 2.72. The molecule has 0 bridgehead atoms. The molecular weight excluding hydrogens is 262 g/mol. The monoisotopic (exact) mass is 285 g/mol. The average Bonchev–Trinajstić information content (AvgIpc) is 2.95. The average molecular weight is 285 g/mol. The molecular formula is C17H23N3O. The second kappa shape index (κ2) is 5.60. The third-order valence-electron chi connectivity index (χ3n) is 4.63. The fourth-order valence-electron chi connectivity index (χ4n) is 3.53. The standard InChI is InChI=1S/C17H23N3O/c1-13-18-15-8-4-3-7-14(15)16(19-13)20(2)11-17(12-21)9-5-6-10-17/h3-4,7-8,21H,5-6,9-12H2,1-2H3. The zero-order valence-electron chi connectivity index (χ0n) is 12.8. The number of aliphatic hydroxyl groups excluding tert-OH is 1. The first-order valence-electron chi connectivity index (χ1n) is 7.69. The van der Waals surface area contributed by atoms with Crippen molar-refractivity contribution >= 4 is 16.7 Å². The molecule has 4 heteroatoms. The smallest absolute Gasteiger partial charge is 0.139 e. The van der Waals surface area contributed by atoms with Crippen LogP contribution >= 0.6 is 0 Å². The first kappa shape index (κ1) is 14.3. The Labute approximate surface area is 125 Å². The molecule has 4 nitrogen and oxygen atoms in total. The van der Waals surface area contributed by atoms with Crippen LogP contribution in [-0.2, 0) is 0 Å². The highest BCUT2D eigenvalue weighted by Crippen LogP contribution is 2.39. The van der Waals surface area contributed by atoms with Crippen LogP contribution < -0.4 is 4.90 Å². The largest absolute Gasteiger partial charge is 0.396 e. The number of nitrogens with zero attached hydrogens (tertiary/aromatic N) is 3. The van der Waals surface area contributed by atoms with Gasteiger partial charge in [0, 0.05) is 24.4 Å². The zero-order valence-corrected chi connectivity index (χ0v) is 12.8. The molecule has 0 radical (unpaired) electrons. The normalized spacial score (nSPS) is 17.3. The first-order valence-corrected chi connectivity index (χ1v) is 7.69. The van der Waals surface area contributed by atoms with Gasteiger partial charge in [0.1, 0.15) is 11.6 Å². The molecule has 1 fully saturated rings. The summed E-state index contributed by atoms with van der Waals surface area (Å²) in [7, 11) is 2.07. The van der Waals surface area contributed by atoms with Crippen molar-refractivity contribution in [3.8, 4) is 0 Å². The van der Waals surface area contributed by atoms with Crippen LogP contribution in [0.4, 0.5) is 5.82 Å². The van der Waals surface area contributed by atoms with Crippen LogP contribution in [0.3, 0.4) is 0 Å². The number of para-hydroxylation sites is 1. The Morgan fingerprint density at radius 2 is 1.90 bits per heavy atom. The van der Waals surface area contributed by atoms with Gasteiger partial charge in [0.15, 0.2) is 0 Å². The summed E-state index contributed by atoms with van der Waals surface area (Å²) >= 11 is 0. The van der Waals surface area contributed by atoms with Crippen molar-refractivity contribution in [1.82, 2.24) is 9.97 Å². The van der Waals surface area contributed by atoms with Gasteiger partial charge in [-0.2, -0.15) is 0 Å². The molecule has 1 aliphatic carbocycles. The van der Waals surface area contributed by atoms with Crippen molar-refractivity contribution in [3.05, 3.63) is 30.1 Å². The summed E-state index contributed by atoms with van der Waals surface area (Å²) in [6.07, 6.45) is 4.65. The number of fused-ring (bicyclic) bond motifs is 1. The topological polar surface area (TPSA) is 49.2 Å². The van der Waals surface area contributed by atoms with E-state index in [1.54, 1.807) is 0 Å². The third-order valence-corrected chi connectivity index (χ3v) is 4.63. The maximum atomic E-state index is 9.82. The quantitative estimate of drug-likeness (QED) is 0.938. The van der Waals surface area contributed by atoms with Gasteiger partial charge in [0.25, 0.3) is 0 Å². The maximum Gasteiger partial charge on any atom is 0.139 e. The number of anilines is 1. The molecule has 1 aromatic carbocycles. The van der Waals surface area contributed by atoms with Gasteiger partial charge in [0.05, 0.1) is 12.1 Å². The summed E-state index contributed by atoms with van der Waals surface area (Å²) in [5, 5.41) is 10.9. The Morgan fingerprint density at radius 3 is 2.62 bits per heavy atom. The Kier molecular flexibility index (Phi) is 3.81. The molecule has 1 aliphatic rings. The van der Waals surface area contributed by atoms with Crippen LogP contribution in [0.15, 0.2) is 24.3 Å². The molecule has 2 aromatic rings. The Bertz CT molecular complexity index is 635. The molecule has 112 valence electrons. The molecule has 0 saturated heterocycles. The highest BCUT2D eigenvalue weighted by Gasteiger charge is 2.34. The number of aromatic nitrogens is 2. The summed E-state index contributed by atoms with van der Waals surface area (Å²) in [4.78, 5) is 11.3. The van der Waals surface area contributed by atoms with Crippen molar-refractivity contribution in [1.29, 1.82) is 0 Å². The summed E-state index contributed by atoms with van der Waals surface area (Å²) in [5.74, 6) is 1.76. The molecule has 0 amide bonds. The fraction of sp³-hybridized carbons (Fsp3) is 0.529. The second-order valence-corrected chi connectivity index (χ2v) is 6.33. The van der Waals surface area contributed by atoms with Crippen LogP contribution in [0, 0.1) is 12.3 Å². The fourth-order valence-corrected chi connectivity index (χ4v) is 3.53. The predicted octanol–water partition coefficient (Wildman–Crippen LogP) is 2.93. The van der Waals surface area contributed by atoms with E-state index in [9.17, 15) is 5.11 Å². The Hall–Kier alpha value is -1.68. The molecule has 0 atom stereocenters. The molecule has 1 heterocycles. The van der Waals surface area contributed by atoms with E-state index in [0.717, 1.165) is 41.9 Å². The van der Waals surface area contributed by atoms with Crippen molar-refractivity contribution in [2.75, 3.05) is 25.1 Å². The molecule has 21 heavy (non-hydrogen) atoms. The molecule has 0 aliphatic heterocycles. The van der Waals surface area contributed by atoms with Gasteiger partial charge in [-0.05, 0) is 31.9 Å². The number of aliphatic hydroxyl groups is 1. The van der Waals surface area contributed by atoms with E-state index >= 15 is 0 Å². The Balaban J connectivity index is 1.96. The maximum absolute atomic E-state index is 9.82. The van der Waals surface area contributed by atoms with Crippen molar-refractivity contribution in [2.24, 2.45) is 5.41 Å². The molecule has 1 saturated carbocycles. The molecule has 1 N–H and O–H groups in total. The predicted molar refractivity (Wildman–Crippen MR) is 85.5 cm³/mol. The molecule has 0 unspecified atom stereocenters. The van der Waals surface area contributed by atoms with E-state index in [-0.39, 0.29) is 12.0 Å². The van der Waals surface area contributed by atoms with Crippen molar-refractivity contribution < 1.29 is 5.11 Å². The van der Waals surface area contributed by atoms with Crippen LogP contribution in [0.1, 0.15) is 31.5 Å². The number of aryl methyl sites for hydroxylation is 1. The summed E-state index contributed by atoms with van der Waals surface area (Å²) in [5.41, 5.74) is 1.02. The van der Waals surface area contributed by atoms with Gasteiger partial charge in [-0.3, -0.25) is 0 Å². The van der Waals surface area contributed by atoms with Gasteiger partial charge in [-0.15, -0.1) is 0 Å². The minimum Gasteiger partial charge on any atom is -0.396 e. The van der Waals surface area contributed by atoms with E-state index in [2.05, 4.69) is 28.0 Å². The van der Waals surface area contributed by atoms with Gasteiger partial charge in [-0.25, -0.2) is 9.97 Å². The highest BCUT2D eigenvalue weighted by molar-refractivity contribution is 5.89. The second-order valence-electron chi connectivity index (χ2n) is 6.33. The van der Waals surface area contributed by atoms with Gasteiger partial charge < -0.3 is 10.0 Å². The molecule has 0 spiro atoms. The lowest BCUT2D eigenvalue weighted by Gasteiger charge is -2.32. The van der Waals surface area contributed by atoms with Gasteiger partial charge in [0.2, 0.25) is 0 Å². The van der Waals surface area contributed by atoms with Crippen LogP contribution in [0.5, 0.6) is 0 Å². The number of benzene rings is 1. The number of hydrogen-bond donors (Lipinski definition) is 1. The van der Waals surface area contributed by atoms with E-state index in [0.29, 0.717) is 0 Å². The summed E-state index contributed by atoms with van der Waals surface area (Å²) < 4.78 is 0. The summed E-state index contributed by atoms with van der Waals surface area (Å²) in [6.45, 7) is 3.05. The first-order chi connectivity index (χ1) is 10.1. The van der Waals surface area contributed by atoms with E-state index in [1.807, 2.05) is 25.1 Å². The molecule has 3 rings (SSSR count). The number of hydrogen-bond acceptors (Lipinski definition) is 4. The SMILES string of the molecule is Cc1nc(N(C)CC2(CO)CCCC2)c2ccccc2n1. The van der Waals surface area contributed by atoms with Crippen molar-refractivity contribution in [3.63, 3.8) is 0 Å². The minimum absolute atomic E-state index is 0.0364. The van der Waals surface area contributed by atoms with Crippen molar-refractivity contribution in [2.45, 2.75) is 32.6 Å². The van der Waals surface area contributed by atoms with E-state index in [1.165, 1.54) is 12.8 Å². The van der Waals surface area contributed by atoms with Gasteiger partial charge >= 0.3 is 0 Å². The van der Waals surface area contributed by atoms with E-state index in [4.69, 9.17) is 0 Å². The van der Waals surface area contributed by atoms with Crippen LogP contribution in [0.25, 0.3) is 10.9 Å². The minimum atomic E-state index is 0.0364. The highest BCUT2D eigenvalue weighted by atomic mass is 16.3.